The highest BCUT2D eigenvalue weighted by Gasteiger charge is 2.30. The average Bonchev–Trinajstić information content (AvgIpc) is 3.53. The van der Waals surface area contributed by atoms with E-state index in [0.717, 1.165) is 62.3 Å². The summed E-state index contributed by atoms with van der Waals surface area (Å²) in [6, 6.07) is 7.50. The lowest BCUT2D eigenvalue weighted by Gasteiger charge is -2.33. The van der Waals surface area contributed by atoms with Crippen LogP contribution in [0.25, 0.3) is 0 Å². The molecule has 0 radical (unpaired) electrons. The summed E-state index contributed by atoms with van der Waals surface area (Å²) in [5, 5.41) is 4.08. The summed E-state index contributed by atoms with van der Waals surface area (Å²) >= 11 is 0. The zero-order chi connectivity index (χ0) is 24.9. The number of likely N-dealkylation sites (tertiary alicyclic amines) is 1. The molecule has 35 heavy (non-hydrogen) atoms. The van der Waals surface area contributed by atoms with E-state index in [1.165, 1.54) is 0 Å². The van der Waals surface area contributed by atoms with Crippen LogP contribution in [0.2, 0.25) is 0 Å². The maximum Gasteiger partial charge on any atom is 0.324 e. The summed E-state index contributed by atoms with van der Waals surface area (Å²) in [5.74, 6) is 2.96. The molecule has 0 spiro atoms. The Labute approximate surface area is 208 Å². The van der Waals surface area contributed by atoms with Gasteiger partial charge in [-0.25, -0.2) is 0 Å². The first-order valence-corrected chi connectivity index (χ1v) is 13.0. The van der Waals surface area contributed by atoms with Crippen molar-refractivity contribution in [2.75, 3.05) is 31.1 Å². The summed E-state index contributed by atoms with van der Waals surface area (Å²) < 4.78 is 11.4. The van der Waals surface area contributed by atoms with Crippen LogP contribution in [0.4, 0.5) is 6.01 Å². The third-order valence-corrected chi connectivity index (χ3v) is 7.49. The van der Waals surface area contributed by atoms with Gasteiger partial charge in [-0.15, -0.1) is 0 Å². The summed E-state index contributed by atoms with van der Waals surface area (Å²) in [4.78, 5) is 21.1. The molecule has 1 aromatic heterocycles. The van der Waals surface area contributed by atoms with Crippen molar-refractivity contribution in [3.05, 3.63) is 35.7 Å². The van der Waals surface area contributed by atoms with Crippen LogP contribution in [0, 0.1) is 11.8 Å². The lowest BCUT2D eigenvalue weighted by atomic mass is 9.84. The van der Waals surface area contributed by atoms with E-state index in [-0.39, 0.29) is 18.0 Å². The van der Waals surface area contributed by atoms with Gasteiger partial charge in [-0.1, -0.05) is 38.1 Å². The van der Waals surface area contributed by atoms with Gasteiger partial charge in [0.25, 0.3) is 0 Å². The van der Waals surface area contributed by atoms with Gasteiger partial charge in [0.05, 0.1) is 12.8 Å². The van der Waals surface area contributed by atoms with E-state index in [2.05, 4.69) is 35.8 Å². The first-order chi connectivity index (χ1) is 16.8. The van der Waals surface area contributed by atoms with Crippen LogP contribution in [0.5, 0.6) is 5.75 Å². The molecule has 2 aliphatic heterocycles. The molecular weight excluding hydrogens is 444 g/mol. The number of nitrogens with two attached hydrogens (primary N) is 2. The Morgan fingerprint density at radius 2 is 1.86 bits per heavy atom. The third kappa shape index (κ3) is 6.13. The van der Waals surface area contributed by atoms with Crippen LogP contribution in [-0.2, 0) is 4.79 Å². The Hall–Kier alpha value is -2.65. The van der Waals surface area contributed by atoms with Crippen molar-refractivity contribution in [3.8, 4) is 5.75 Å². The zero-order valence-corrected chi connectivity index (χ0v) is 21.2. The van der Waals surface area contributed by atoms with Crippen molar-refractivity contribution in [1.29, 1.82) is 0 Å². The van der Waals surface area contributed by atoms with Gasteiger partial charge in [0.15, 0.2) is 5.82 Å². The van der Waals surface area contributed by atoms with Gasteiger partial charge in [0, 0.05) is 25.6 Å². The first kappa shape index (κ1) is 25.4. The molecule has 3 heterocycles. The minimum Gasteiger partial charge on any atom is -0.494 e. The second-order valence-electron chi connectivity index (χ2n) is 10.3. The fourth-order valence-corrected chi connectivity index (χ4v) is 5.01. The second-order valence-corrected chi connectivity index (χ2v) is 10.3. The zero-order valence-electron chi connectivity index (χ0n) is 21.2. The molecule has 0 unspecified atom stereocenters. The Kier molecular flexibility index (Phi) is 8.28. The molecule has 1 aromatic carbocycles. The highest BCUT2D eigenvalue weighted by atomic mass is 16.5. The van der Waals surface area contributed by atoms with E-state index in [0.29, 0.717) is 31.0 Å². The van der Waals surface area contributed by atoms with Crippen molar-refractivity contribution in [1.82, 2.24) is 15.0 Å². The number of rotatable bonds is 9. The van der Waals surface area contributed by atoms with Crippen LogP contribution in [0.3, 0.4) is 0 Å². The van der Waals surface area contributed by atoms with Gasteiger partial charge in [0.2, 0.25) is 5.91 Å². The molecule has 2 fully saturated rings. The number of benzene rings is 1. The number of piperidine rings is 1. The monoisotopic (exact) mass is 484 g/mol. The fraction of sp³-hybridized carbons (Fsp3) is 0.654. The van der Waals surface area contributed by atoms with E-state index in [1.807, 2.05) is 24.3 Å². The summed E-state index contributed by atoms with van der Waals surface area (Å²) in [6.07, 6.45) is 4.77. The molecule has 3 atom stereocenters. The van der Waals surface area contributed by atoms with Crippen LogP contribution in [0.15, 0.2) is 28.8 Å². The SMILES string of the molecule is CC(C)c1noc(N2CCC([C@H](C)CCOc3ccc([C@H](N)C(=O)N4CCC[C@H]4N)cc3)CC2)n1. The summed E-state index contributed by atoms with van der Waals surface area (Å²) in [5.41, 5.74) is 13.0. The molecule has 4 rings (SSSR count). The number of hydrogen-bond acceptors (Lipinski definition) is 8. The molecule has 9 heteroatoms. The van der Waals surface area contributed by atoms with Crippen LogP contribution < -0.4 is 21.1 Å². The molecule has 2 aromatic rings. The van der Waals surface area contributed by atoms with Gasteiger partial charge in [-0.05, 0) is 61.6 Å². The van der Waals surface area contributed by atoms with Crippen molar-refractivity contribution in [2.45, 2.75) is 71.0 Å². The van der Waals surface area contributed by atoms with E-state index in [9.17, 15) is 4.79 Å². The minimum absolute atomic E-state index is 0.108. The number of carbonyl (C=O) groups excluding carboxylic acids is 1. The van der Waals surface area contributed by atoms with Crippen molar-refractivity contribution < 1.29 is 14.1 Å². The standard InChI is InChI=1S/C26H40N6O3/c1-17(2)24-29-26(35-30-24)31-14-10-19(11-15-31)18(3)12-16-34-21-8-6-20(7-9-21)23(28)25(33)32-13-4-5-22(32)27/h6-9,17-19,22-23H,4-5,10-16,27-28H2,1-3H3/t18-,22+,23+/m1/s1. The Balaban J connectivity index is 1.19. The van der Waals surface area contributed by atoms with Crippen LogP contribution in [0.1, 0.15) is 76.2 Å². The number of ether oxygens (including phenoxy) is 1. The van der Waals surface area contributed by atoms with Gasteiger partial charge in [-0.3, -0.25) is 4.79 Å². The van der Waals surface area contributed by atoms with Gasteiger partial charge in [0.1, 0.15) is 11.8 Å². The van der Waals surface area contributed by atoms with Gasteiger partial charge >= 0.3 is 6.01 Å². The Morgan fingerprint density at radius 1 is 1.14 bits per heavy atom. The molecule has 0 aliphatic carbocycles. The average molecular weight is 485 g/mol. The van der Waals surface area contributed by atoms with E-state index >= 15 is 0 Å². The molecule has 4 N–H and O–H groups in total. The van der Waals surface area contributed by atoms with Crippen LogP contribution in [-0.4, -0.2) is 53.4 Å². The maximum absolute atomic E-state index is 12.6. The maximum atomic E-state index is 12.6. The van der Waals surface area contributed by atoms with Gasteiger partial charge < -0.3 is 30.5 Å². The van der Waals surface area contributed by atoms with E-state index in [4.69, 9.17) is 20.7 Å². The van der Waals surface area contributed by atoms with Crippen LogP contribution >= 0.6 is 0 Å². The third-order valence-electron chi connectivity index (χ3n) is 7.49. The van der Waals surface area contributed by atoms with E-state index in [1.54, 1.807) is 4.90 Å². The number of carbonyl (C=O) groups is 1. The minimum atomic E-state index is -0.691. The quantitative estimate of drug-likeness (QED) is 0.555. The predicted molar refractivity (Wildman–Crippen MR) is 135 cm³/mol. The lowest BCUT2D eigenvalue weighted by molar-refractivity contribution is -0.133. The number of hydrogen-bond donors (Lipinski definition) is 2. The van der Waals surface area contributed by atoms with Crippen molar-refractivity contribution in [3.63, 3.8) is 0 Å². The molecular formula is C26H40N6O3. The normalized spacial score (nSPS) is 20.9. The lowest BCUT2D eigenvalue weighted by Crippen LogP contribution is -2.45. The fourth-order valence-electron chi connectivity index (χ4n) is 5.01. The molecule has 2 saturated heterocycles. The summed E-state index contributed by atoms with van der Waals surface area (Å²) in [6.45, 7) is 9.68. The van der Waals surface area contributed by atoms with E-state index < -0.39 is 6.04 Å². The number of nitrogens with zero attached hydrogens (tertiary/aromatic N) is 4. The Bertz CT molecular complexity index is 954. The summed E-state index contributed by atoms with van der Waals surface area (Å²) in [7, 11) is 0. The highest BCUT2D eigenvalue weighted by molar-refractivity contribution is 5.83. The number of amides is 1. The molecule has 192 valence electrons. The topological polar surface area (TPSA) is 124 Å². The first-order valence-electron chi connectivity index (χ1n) is 13.0. The molecule has 1 amide bonds. The Morgan fingerprint density at radius 3 is 2.46 bits per heavy atom. The molecule has 9 nitrogen and oxygen atoms in total. The largest absolute Gasteiger partial charge is 0.494 e. The number of aromatic nitrogens is 2. The second kappa shape index (κ2) is 11.4. The highest BCUT2D eigenvalue weighted by Crippen LogP contribution is 2.30. The number of anilines is 1. The van der Waals surface area contributed by atoms with Crippen molar-refractivity contribution >= 4 is 11.9 Å². The molecule has 2 aliphatic rings. The molecule has 0 bridgehead atoms. The smallest absolute Gasteiger partial charge is 0.324 e. The predicted octanol–water partition coefficient (Wildman–Crippen LogP) is 3.42. The molecule has 0 saturated carbocycles. The van der Waals surface area contributed by atoms with Gasteiger partial charge in [-0.2, -0.15) is 4.98 Å². The van der Waals surface area contributed by atoms with Crippen molar-refractivity contribution in [2.24, 2.45) is 23.3 Å².